The number of nitrogens with zero attached hydrogens (tertiary/aromatic N) is 1. The van der Waals surface area contributed by atoms with Gasteiger partial charge in [-0.1, -0.05) is 0 Å². The number of likely N-dealkylation sites (tertiary alicyclic amines) is 1. The van der Waals surface area contributed by atoms with E-state index in [4.69, 9.17) is 4.42 Å². The summed E-state index contributed by atoms with van der Waals surface area (Å²) in [5.41, 5.74) is 0. The van der Waals surface area contributed by atoms with Crippen LogP contribution in [0.5, 0.6) is 0 Å². The van der Waals surface area contributed by atoms with E-state index in [2.05, 4.69) is 0 Å². The van der Waals surface area contributed by atoms with Crippen molar-refractivity contribution in [3.63, 3.8) is 0 Å². The zero-order chi connectivity index (χ0) is 14.0. The zero-order valence-electron chi connectivity index (χ0n) is 10.7. The average molecular weight is 275 g/mol. The van der Waals surface area contributed by atoms with Gasteiger partial charge in [0.1, 0.15) is 5.76 Å². The van der Waals surface area contributed by atoms with E-state index in [1.807, 2.05) is 0 Å². The minimum atomic E-state index is -4.13. The van der Waals surface area contributed by atoms with Crippen molar-refractivity contribution in [1.82, 2.24) is 4.90 Å². The molecule has 0 spiro atoms. The van der Waals surface area contributed by atoms with Crippen molar-refractivity contribution in [1.29, 1.82) is 0 Å². The number of piperidine rings is 1. The molecule has 1 aromatic heterocycles. The number of halogens is 3. The fraction of sp³-hybridized carbons (Fsp3) is 0.615. The Morgan fingerprint density at radius 1 is 1.47 bits per heavy atom. The highest BCUT2D eigenvalue weighted by molar-refractivity contribution is 5.91. The summed E-state index contributed by atoms with van der Waals surface area (Å²) < 4.78 is 43.3. The van der Waals surface area contributed by atoms with Gasteiger partial charge in [-0.05, 0) is 31.5 Å². The summed E-state index contributed by atoms with van der Waals surface area (Å²) in [6, 6.07) is 3.21. The third kappa shape index (κ3) is 3.59. The Labute approximate surface area is 109 Å². The van der Waals surface area contributed by atoms with Gasteiger partial charge >= 0.3 is 6.18 Å². The molecule has 1 saturated heterocycles. The molecular weight excluding hydrogens is 259 g/mol. The molecule has 2 heterocycles. The Morgan fingerprint density at radius 3 is 2.79 bits per heavy atom. The molecular formula is C13H16F3NO2. The zero-order valence-corrected chi connectivity index (χ0v) is 10.7. The van der Waals surface area contributed by atoms with Gasteiger partial charge in [0.2, 0.25) is 0 Å². The van der Waals surface area contributed by atoms with Crippen molar-refractivity contribution in [2.24, 2.45) is 5.92 Å². The second-order valence-electron chi connectivity index (χ2n) is 4.94. The van der Waals surface area contributed by atoms with Gasteiger partial charge in [0.05, 0.1) is 12.5 Å². The Kier molecular flexibility index (Phi) is 3.99. The summed E-state index contributed by atoms with van der Waals surface area (Å²) in [6.07, 6.45) is -3.41. The van der Waals surface area contributed by atoms with Crippen LogP contribution in [0.2, 0.25) is 0 Å². The summed E-state index contributed by atoms with van der Waals surface area (Å²) in [5.74, 6) is -0.658. The van der Waals surface area contributed by atoms with Gasteiger partial charge in [0.15, 0.2) is 11.5 Å². The van der Waals surface area contributed by atoms with E-state index in [1.54, 1.807) is 17.0 Å². The fourth-order valence-electron chi connectivity index (χ4n) is 2.34. The van der Waals surface area contributed by atoms with Gasteiger partial charge in [0.25, 0.3) is 0 Å². The molecule has 2 rings (SSSR count). The molecule has 1 aliphatic heterocycles. The van der Waals surface area contributed by atoms with Crippen LogP contribution in [0.3, 0.4) is 0 Å². The predicted molar refractivity (Wildman–Crippen MR) is 62.8 cm³/mol. The van der Waals surface area contributed by atoms with Crippen molar-refractivity contribution in [3.8, 4) is 0 Å². The Balaban J connectivity index is 1.96. The summed E-state index contributed by atoms with van der Waals surface area (Å²) in [6.45, 7) is 2.34. The smallest absolute Gasteiger partial charge is 0.393 e. The number of rotatable bonds is 3. The molecule has 1 unspecified atom stereocenters. The van der Waals surface area contributed by atoms with E-state index in [9.17, 15) is 18.0 Å². The highest BCUT2D eigenvalue weighted by Gasteiger charge is 2.41. The van der Waals surface area contributed by atoms with E-state index < -0.39 is 12.1 Å². The molecule has 106 valence electrons. The van der Waals surface area contributed by atoms with Crippen LogP contribution < -0.4 is 0 Å². The van der Waals surface area contributed by atoms with E-state index >= 15 is 0 Å². The first-order valence-corrected chi connectivity index (χ1v) is 6.25. The summed E-state index contributed by atoms with van der Waals surface area (Å²) in [4.78, 5) is 12.8. The second kappa shape index (κ2) is 5.36. The fourth-order valence-corrected chi connectivity index (χ4v) is 2.34. The van der Waals surface area contributed by atoms with Gasteiger partial charge in [-0.15, -0.1) is 0 Å². The van der Waals surface area contributed by atoms with Crippen LogP contribution in [0.4, 0.5) is 13.2 Å². The van der Waals surface area contributed by atoms with Gasteiger partial charge in [-0.25, -0.2) is 0 Å². The number of alkyl halides is 3. The molecule has 1 fully saturated rings. The molecule has 1 aromatic rings. The number of hydrogen-bond donors (Lipinski definition) is 0. The first-order chi connectivity index (χ1) is 8.86. The topological polar surface area (TPSA) is 33.5 Å². The Bertz CT molecular complexity index is 453. The van der Waals surface area contributed by atoms with Crippen molar-refractivity contribution >= 4 is 5.78 Å². The molecule has 1 aliphatic rings. The van der Waals surface area contributed by atoms with Crippen LogP contribution >= 0.6 is 0 Å². The Hall–Kier alpha value is -1.30. The van der Waals surface area contributed by atoms with E-state index in [1.165, 1.54) is 6.92 Å². The van der Waals surface area contributed by atoms with E-state index in [-0.39, 0.29) is 24.5 Å². The van der Waals surface area contributed by atoms with Gasteiger partial charge in [-0.2, -0.15) is 13.2 Å². The molecule has 0 bridgehead atoms. The first kappa shape index (κ1) is 14.1. The summed E-state index contributed by atoms with van der Waals surface area (Å²) in [7, 11) is 0. The first-order valence-electron chi connectivity index (χ1n) is 6.25. The van der Waals surface area contributed by atoms with Crippen molar-refractivity contribution in [2.75, 3.05) is 13.1 Å². The lowest BCUT2D eigenvalue weighted by molar-refractivity contribution is -0.187. The quantitative estimate of drug-likeness (QED) is 0.794. The lowest BCUT2D eigenvalue weighted by atomic mass is 9.97. The third-order valence-electron chi connectivity index (χ3n) is 3.36. The largest absolute Gasteiger partial charge is 0.457 e. The molecule has 0 aliphatic carbocycles. The average Bonchev–Trinajstić information content (AvgIpc) is 2.77. The second-order valence-corrected chi connectivity index (χ2v) is 4.94. The number of ketones is 1. The van der Waals surface area contributed by atoms with Crippen LogP contribution in [0.1, 0.15) is 36.1 Å². The summed E-state index contributed by atoms with van der Waals surface area (Å²) >= 11 is 0. The molecule has 19 heavy (non-hydrogen) atoms. The number of hydrogen-bond acceptors (Lipinski definition) is 3. The summed E-state index contributed by atoms with van der Waals surface area (Å²) in [5, 5.41) is 0. The van der Waals surface area contributed by atoms with E-state index in [0.29, 0.717) is 25.3 Å². The molecule has 0 amide bonds. The molecule has 1 atom stereocenters. The molecule has 0 saturated carbocycles. The lowest BCUT2D eigenvalue weighted by Crippen LogP contribution is -2.41. The SMILES string of the molecule is CC(=O)c1ccc(CN2CCCC(C(F)(F)F)C2)o1. The van der Waals surface area contributed by atoms with Crippen LogP contribution in [-0.2, 0) is 6.54 Å². The van der Waals surface area contributed by atoms with Gasteiger partial charge in [0, 0.05) is 13.5 Å². The van der Waals surface area contributed by atoms with Crippen LogP contribution in [-0.4, -0.2) is 29.9 Å². The third-order valence-corrected chi connectivity index (χ3v) is 3.36. The van der Waals surface area contributed by atoms with Crippen molar-refractivity contribution in [2.45, 2.75) is 32.5 Å². The van der Waals surface area contributed by atoms with Crippen LogP contribution in [0, 0.1) is 5.92 Å². The van der Waals surface area contributed by atoms with Crippen molar-refractivity contribution < 1.29 is 22.4 Å². The predicted octanol–water partition coefficient (Wildman–Crippen LogP) is 3.26. The number of furan rings is 1. The van der Waals surface area contributed by atoms with Crippen molar-refractivity contribution in [3.05, 3.63) is 23.7 Å². The maximum atomic E-state index is 12.7. The molecule has 6 heteroatoms. The van der Waals surface area contributed by atoms with E-state index in [0.717, 1.165) is 0 Å². The number of carbonyl (C=O) groups excluding carboxylic acids is 1. The normalized spacial score (nSPS) is 21.6. The van der Waals surface area contributed by atoms with Gasteiger partial charge < -0.3 is 4.42 Å². The molecule has 3 nitrogen and oxygen atoms in total. The maximum Gasteiger partial charge on any atom is 0.393 e. The van der Waals surface area contributed by atoms with Crippen LogP contribution in [0.15, 0.2) is 16.5 Å². The lowest BCUT2D eigenvalue weighted by Gasteiger charge is -2.33. The highest BCUT2D eigenvalue weighted by Crippen LogP contribution is 2.33. The maximum absolute atomic E-state index is 12.7. The Morgan fingerprint density at radius 2 is 2.21 bits per heavy atom. The highest BCUT2D eigenvalue weighted by atomic mass is 19.4. The minimum absolute atomic E-state index is 0.000392. The standard InChI is InChI=1S/C13H16F3NO2/c1-9(18)12-5-4-11(19-12)8-17-6-2-3-10(7-17)13(14,15)16/h4-5,10H,2-3,6-8H2,1H3. The molecule has 0 radical (unpaired) electrons. The minimum Gasteiger partial charge on any atom is -0.457 e. The number of Topliss-reactive ketones (excluding diaryl/α,β-unsaturated/α-hetero) is 1. The molecule has 0 N–H and O–H groups in total. The monoisotopic (exact) mass is 275 g/mol. The molecule has 0 aromatic carbocycles. The van der Waals surface area contributed by atoms with Gasteiger partial charge in [-0.3, -0.25) is 9.69 Å². The van der Waals surface area contributed by atoms with Crippen LogP contribution in [0.25, 0.3) is 0 Å². The number of carbonyl (C=O) groups is 1.